The molecule has 2 fully saturated rings. The van der Waals surface area contributed by atoms with Crippen molar-refractivity contribution in [3.05, 3.63) is 35.5 Å². The molecule has 0 unspecified atom stereocenters. The molecule has 1 saturated heterocycles. The van der Waals surface area contributed by atoms with Crippen molar-refractivity contribution in [1.29, 1.82) is 0 Å². The Balaban J connectivity index is 1.23. The number of anilines is 1. The number of hydrogen-bond donors (Lipinski definition) is 2. The van der Waals surface area contributed by atoms with Gasteiger partial charge in [0.05, 0.1) is 25.0 Å². The Morgan fingerprint density at radius 1 is 1.20 bits per heavy atom. The average Bonchev–Trinajstić information content (AvgIpc) is 3.47. The molecule has 0 bridgehead atoms. The number of fused-ring (bicyclic) bond motifs is 3. The van der Waals surface area contributed by atoms with E-state index >= 15 is 0 Å². The normalized spacial score (nSPS) is 21.1. The van der Waals surface area contributed by atoms with E-state index in [0.29, 0.717) is 25.4 Å². The number of benzene rings is 1. The van der Waals surface area contributed by atoms with Crippen molar-refractivity contribution in [3.8, 4) is 11.3 Å². The summed E-state index contributed by atoms with van der Waals surface area (Å²) >= 11 is 0. The second-order valence-corrected chi connectivity index (χ2v) is 8.74. The molecule has 5 rings (SSSR count). The summed E-state index contributed by atoms with van der Waals surface area (Å²) in [4.78, 5) is 26.3. The largest absolute Gasteiger partial charge is 0.442 e. The highest BCUT2D eigenvalue weighted by Crippen LogP contribution is 2.34. The number of carbonyl (C=O) groups excluding carboxylic acids is 2. The molecule has 30 heavy (non-hydrogen) atoms. The van der Waals surface area contributed by atoms with Gasteiger partial charge in [0.2, 0.25) is 5.91 Å². The van der Waals surface area contributed by atoms with Crippen LogP contribution in [0, 0.1) is 5.92 Å². The van der Waals surface area contributed by atoms with Crippen LogP contribution >= 0.6 is 0 Å². The van der Waals surface area contributed by atoms with Gasteiger partial charge in [-0.15, -0.1) is 0 Å². The van der Waals surface area contributed by atoms with E-state index in [9.17, 15) is 9.59 Å². The molecule has 0 spiro atoms. The molecular weight excluding hydrogens is 380 g/mol. The predicted molar refractivity (Wildman–Crippen MR) is 113 cm³/mol. The lowest BCUT2D eigenvalue weighted by Crippen LogP contribution is -2.35. The smallest absolute Gasteiger partial charge is 0.414 e. The lowest BCUT2D eigenvalue weighted by Gasteiger charge is -2.16. The number of hydrogen-bond acceptors (Lipinski definition) is 4. The van der Waals surface area contributed by atoms with Crippen molar-refractivity contribution in [2.75, 3.05) is 18.0 Å². The maximum atomic E-state index is 12.5. The molecule has 1 aromatic carbocycles. The highest BCUT2D eigenvalue weighted by molar-refractivity contribution is 5.90. The first-order valence-corrected chi connectivity index (χ1v) is 11.1. The topological polar surface area (TPSA) is 87.3 Å². The van der Waals surface area contributed by atoms with Crippen LogP contribution in [0.5, 0.6) is 0 Å². The number of aromatic amines is 1. The van der Waals surface area contributed by atoms with Crippen molar-refractivity contribution in [3.63, 3.8) is 0 Å². The number of carbonyl (C=O) groups is 2. The van der Waals surface area contributed by atoms with Gasteiger partial charge >= 0.3 is 6.09 Å². The molecule has 0 radical (unpaired) electrons. The summed E-state index contributed by atoms with van der Waals surface area (Å²) in [7, 11) is 0. The van der Waals surface area contributed by atoms with Crippen LogP contribution in [0.25, 0.3) is 11.3 Å². The number of cyclic esters (lactones) is 1. The number of ether oxygens (including phenoxy) is 1. The van der Waals surface area contributed by atoms with E-state index in [-0.39, 0.29) is 18.1 Å². The maximum absolute atomic E-state index is 12.5. The molecule has 7 nitrogen and oxygen atoms in total. The minimum absolute atomic E-state index is 0.0665. The number of aryl methyl sites for hydroxylation is 2. The van der Waals surface area contributed by atoms with Crippen LogP contribution in [0.4, 0.5) is 10.5 Å². The average molecular weight is 409 g/mol. The zero-order valence-electron chi connectivity index (χ0n) is 17.2. The van der Waals surface area contributed by atoms with Crippen molar-refractivity contribution >= 4 is 17.7 Å². The van der Waals surface area contributed by atoms with Crippen molar-refractivity contribution in [2.24, 2.45) is 5.92 Å². The van der Waals surface area contributed by atoms with Crippen LogP contribution < -0.4 is 10.2 Å². The van der Waals surface area contributed by atoms with Gasteiger partial charge in [0.1, 0.15) is 6.10 Å². The van der Waals surface area contributed by atoms with Gasteiger partial charge in [-0.25, -0.2) is 4.79 Å². The van der Waals surface area contributed by atoms with Gasteiger partial charge in [0.15, 0.2) is 0 Å². The van der Waals surface area contributed by atoms with E-state index in [1.165, 1.54) is 24.0 Å². The van der Waals surface area contributed by atoms with Crippen LogP contribution in [-0.2, 0) is 22.4 Å². The zero-order valence-corrected chi connectivity index (χ0v) is 17.2. The van der Waals surface area contributed by atoms with E-state index in [0.717, 1.165) is 49.0 Å². The zero-order chi connectivity index (χ0) is 20.5. The minimum atomic E-state index is -0.346. The van der Waals surface area contributed by atoms with Crippen molar-refractivity contribution in [1.82, 2.24) is 15.5 Å². The molecule has 158 valence electrons. The lowest BCUT2D eigenvalue weighted by molar-refractivity contribution is -0.122. The fraction of sp³-hybridized carbons (Fsp3) is 0.522. The van der Waals surface area contributed by atoms with E-state index < -0.39 is 0 Å². The summed E-state index contributed by atoms with van der Waals surface area (Å²) in [6.45, 7) is 0.826. The number of H-pyrrole nitrogens is 1. The van der Waals surface area contributed by atoms with Gasteiger partial charge in [-0.2, -0.15) is 5.10 Å². The quantitative estimate of drug-likeness (QED) is 0.792. The van der Waals surface area contributed by atoms with Gasteiger partial charge in [-0.05, 0) is 61.3 Å². The molecule has 1 saturated carbocycles. The van der Waals surface area contributed by atoms with Gasteiger partial charge in [-0.1, -0.05) is 18.9 Å². The van der Waals surface area contributed by atoms with Gasteiger partial charge in [0.25, 0.3) is 0 Å². The highest BCUT2D eigenvalue weighted by atomic mass is 16.6. The Morgan fingerprint density at radius 2 is 2.03 bits per heavy atom. The number of nitrogens with zero attached hydrogens (tertiary/aromatic N) is 2. The second-order valence-electron chi connectivity index (χ2n) is 8.74. The third-order valence-electron chi connectivity index (χ3n) is 6.63. The molecule has 2 aromatic rings. The fourth-order valence-corrected chi connectivity index (χ4v) is 5.02. The third-order valence-corrected chi connectivity index (χ3v) is 6.63. The fourth-order valence-electron chi connectivity index (χ4n) is 5.02. The maximum Gasteiger partial charge on any atom is 0.414 e. The molecule has 3 aliphatic rings. The van der Waals surface area contributed by atoms with Crippen molar-refractivity contribution in [2.45, 2.75) is 57.5 Å². The molecule has 2 aliphatic carbocycles. The van der Waals surface area contributed by atoms with E-state index in [1.54, 1.807) is 4.90 Å². The molecule has 7 heteroatoms. The van der Waals surface area contributed by atoms with Crippen LogP contribution in [0.1, 0.15) is 49.7 Å². The van der Waals surface area contributed by atoms with E-state index in [1.807, 2.05) is 12.3 Å². The van der Waals surface area contributed by atoms with Gasteiger partial charge < -0.3 is 10.1 Å². The minimum Gasteiger partial charge on any atom is -0.442 e. The van der Waals surface area contributed by atoms with Gasteiger partial charge in [0, 0.05) is 17.7 Å². The molecular formula is C23H28N4O3. The molecule has 2 amide bonds. The van der Waals surface area contributed by atoms with E-state index in [4.69, 9.17) is 4.74 Å². The Kier molecular flexibility index (Phi) is 5.19. The number of amides is 2. The lowest BCUT2D eigenvalue weighted by atomic mass is 10.0. The summed E-state index contributed by atoms with van der Waals surface area (Å²) in [6, 6.07) is 6.13. The summed E-state index contributed by atoms with van der Waals surface area (Å²) in [5.41, 5.74) is 5.56. The Labute approximate surface area is 176 Å². The number of rotatable bonds is 5. The van der Waals surface area contributed by atoms with Crippen LogP contribution in [-0.4, -0.2) is 41.4 Å². The van der Waals surface area contributed by atoms with Crippen LogP contribution in [0.3, 0.4) is 0 Å². The number of nitrogens with one attached hydrogen (secondary N) is 2. The second kappa shape index (κ2) is 8.13. The Hall–Kier alpha value is -2.83. The standard InChI is InChI=1S/C23H28N4O3/c28-21(10-15-4-1-2-5-15)24-13-19-14-27(23(29)30-19)18-8-9-20-16(11-18)6-3-7-17-12-25-26-22(17)20/h8-9,11-12,15,19H,1-7,10,13-14H2,(H,24,28)(H,25,26)/t19-/m0/s1. The van der Waals surface area contributed by atoms with E-state index in [2.05, 4.69) is 27.6 Å². The highest BCUT2D eigenvalue weighted by Gasteiger charge is 2.33. The summed E-state index contributed by atoms with van der Waals surface area (Å²) in [5, 5.41) is 10.3. The molecule has 1 atom stereocenters. The molecule has 2 N–H and O–H groups in total. The Morgan fingerprint density at radius 3 is 2.90 bits per heavy atom. The SMILES string of the molecule is O=C(CC1CCCC1)NC[C@H]1CN(c2ccc3c(c2)CCCc2cn[nH]c2-3)C(=O)O1. The first-order chi connectivity index (χ1) is 14.7. The van der Waals surface area contributed by atoms with Crippen LogP contribution in [0.15, 0.2) is 24.4 Å². The van der Waals surface area contributed by atoms with Crippen molar-refractivity contribution < 1.29 is 14.3 Å². The van der Waals surface area contributed by atoms with Gasteiger partial charge in [-0.3, -0.25) is 14.8 Å². The Bertz CT molecular complexity index is 948. The van der Waals surface area contributed by atoms with Crippen LogP contribution in [0.2, 0.25) is 0 Å². The third kappa shape index (κ3) is 3.80. The first kappa shape index (κ1) is 19.2. The summed E-state index contributed by atoms with van der Waals surface area (Å²) in [6.07, 6.45) is 9.62. The molecule has 1 aliphatic heterocycles. The first-order valence-electron chi connectivity index (χ1n) is 11.1. The molecule has 1 aromatic heterocycles. The molecule has 2 heterocycles. The summed E-state index contributed by atoms with van der Waals surface area (Å²) < 4.78 is 5.52. The summed E-state index contributed by atoms with van der Waals surface area (Å²) in [5.74, 6) is 0.583. The number of aromatic nitrogens is 2. The predicted octanol–water partition coefficient (Wildman–Crippen LogP) is 3.59. The monoisotopic (exact) mass is 408 g/mol.